The van der Waals surface area contributed by atoms with Gasteiger partial charge in [0, 0.05) is 31.7 Å². The van der Waals surface area contributed by atoms with E-state index in [2.05, 4.69) is 18.7 Å². The molecule has 2 aliphatic rings. The summed E-state index contributed by atoms with van der Waals surface area (Å²) < 4.78 is 11.3. The second-order valence-electron chi connectivity index (χ2n) is 10.4. The molecule has 2 aromatic rings. The molecule has 0 aromatic heterocycles. The van der Waals surface area contributed by atoms with E-state index in [9.17, 15) is 14.7 Å². The summed E-state index contributed by atoms with van der Waals surface area (Å²) in [7, 11) is 0. The predicted molar refractivity (Wildman–Crippen MR) is 144 cm³/mol. The Bertz CT molecular complexity index is 1150. The maximum atomic E-state index is 13.3. The number of amides is 1. The van der Waals surface area contributed by atoms with Gasteiger partial charge in [-0.25, -0.2) is 0 Å². The Balaban J connectivity index is 1.65. The molecule has 1 N–H and O–H groups in total. The molecule has 37 heavy (non-hydrogen) atoms. The fourth-order valence-corrected chi connectivity index (χ4v) is 4.87. The number of ether oxygens (including phenoxy) is 2. The third kappa shape index (κ3) is 6.22. The lowest BCUT2D eigenvalue weighted by molar-refractivity contribution is -0.140. The third-order valence-electron chi connectivity index (χ3n) is 6.93. The number of benzene rings is 2. The molecule has 2 fully saturated rings. The number of morpholine rings is 1. The van der Waals surface area contributed by atoms with Crippen molar-refractivity contribution in [2.45, 2.75) is 40.2 Å². The molecule has 2 aliphatic heterocycles. The van der Waals surface area contributed by atoms with Gasteiger partial charge in [0.2, 0.25) is 0 Å². The van der Waals surface area contributed by atoms with Crippen LogP contribution >= 0.6 is 0 Å². The SMILES string of the molecule is Cc1ccc(C2/C(=C(/O)c3ccc(OCC(C)C)c(C)c3)C(=O)C(=O)N2CCCN2CCOCC2)cc1. The van der Waals surface area contributed by atoms with E-state index in [1.807, 2.05) is 50.2 Å². The number of aliphatic hydroxyl groups is 1. The Morgan fingerprint density at radius 2 is 1.76 bits per heavy atom. The van der Waals surface area contributed by atoms with Gasteiger partial charge in [-0.2, -0.15) is 0 Å². The van der Waals surface area contributed by atoms with Crippen molar-refractivity contribution in [3.05, 3.63) is 70.3 Å². The second kappa shape index (κ2) is 11.9. The molecule has 0 bridgehead atoms. The summed E-state index contributed by atoms with van der Waals surface area (Å²) in [5.41, 5.74) is 3.39. The molecular formula is C30H38N2O5. The van der Waals surface area contributed by atoms with Gasteiger partial charge in [-0.3, -0.25) is 14.5 Å². The summed E-state index contributed by atoms with van der Waals surface area (Å²) in [5, 5.41) is 11.4. The van der Waals surface area contributed by atoms with Crippen LogP contribution in [0, 0.1) is 19.8 Å². The van der Waals surface area contributed by atoms with E-state index < -0.39 is 17.7 Å². The fraction of sp³-hybridized carbons (Fsp3) is 0.467. The molecule has 7 heteroatoms. The van der Waals surface area contributed by atoms with Gasteiger partial charge in [-0.05, 0) is 55.5 Å². The lowest BCUT2D eigenvalue weighted by atomic mass is 9.94. The molecule has 2 saturated heterocycles. The zero-order valence-electron chi connectivity index (χ0n) is 22.3. The number of carbonyl (C=O) groups is 2. The minimum absolute atomic E-state index is 0.135. The molecule has 1 atom stereocenters. The Labute approximate surface area is 219 Å². The van der Waals surface area contributed by atoms with Gasteiger partial charge < -0.3 is 19.5 Å². The third-order valence-corrected chi connectivity index (χ3v) is 6.93. The van der Waals surface area contributed by atoms with Crippen LogP contribution in [-0.2, 0) is 14.3 Å². The number of likely N-dealkylation sites (tertiary alicyclic amines) is 1. The number of ketones is 1. The van der Waals surface area contributed by atoms with Crippen molar-refractivity contribution in [1.82, 2.24) is 9.80 Å². The molecule has 2 aromatic carbocycles. The smallest absolute Gasteiger partial charge is 0.295 e. The molecule has 198 valence electrons. The maximum Gasteiger partial charge on any atom is 0.295 e. The quantitative estimate of drug-likeness (QED) is 0.307. The zero-order valence-corrected chi connectivity index (χ0v) is 22.3. The number of Topliss-reactive ketones (excluding diaryl/α,β-unsaturated/α-hetero) is 1. The highest BCUT2D eigenvalue weighted by Crippen LogP contribution is 2.40. The Morgan fingerprint density at radius 3 is 2.41 bits per heavy atom. The summed E-state index contributed by atoms with van der Waals surface area (Å²) in [6, 6.07) is 12.5. The molecule has 1 unspecified atom stereocenters. The van der Waals surface area contributed by atoms with E-state index in [1.165, 1.54) is 0 Å². The van der Waals surface area contributed by atoms with Crippen molar-refractivity contribution in [1.29, 1.82) is 0 Å². The van der Waals surface area contributed by atoms with Crippen molar-refractivity contribution < 1.29 is 24.2 Å². The van der Waals surface area contributed by atoms with Crippen LogP contribution in [0.2, 0.25) is 0 Å². The number of hydrogen-bond donors (Lipinski definition) is 1. The van der Waals surface area contributed by atoms with Crippen molar-refractivity contribution in [3.63, 3.8) is 0 Å². The summed E-state index contributed by atoms with van der Waals surface area (Å²) in [6.07, 6.45) is 0.733. The minimum atomic E-state index is -0.646. The number of aryl methyl sites for hydroxylation is 2. The van der Waals surface area contributed by atoms with Crippen LogP contribution in [0.25, 0.3) is 5.76 Å². The Morgan fingerprint density at radius 1 is 1.05 bits per heavy atom. The van der Waals surface area contributed by atoms with Crippen LogP contribution in [0.1, 0.15) is 48.6 Å². The first-order valence-electron chi connectivity index (χ1n) is 13.1. The highest BCUT2D eigenvalue weighted by molar-refractivity contribution is 6.46. The lowest BCUT2D eigenvalue weighted by Gasteiger charge is -2.29. The van der Waals surface area contributed by atoms with Crippen LogP contribution in [0.15, 0.2) is 48.0 Å². The number of rotatable bonds is 9. The van der Waals surface area contributed by atoms with Crippen LogP contribution in [0.3, 0.4) is 0 Å². The second-order valence-corrected chi connectivity index (χ2v) is 10.4. The lowest BCUT2D eigenvalue weighted by Crippen LogP contribution is -2.38. The van der Waals surface area contributed by atoms with E-state index in [1.54, 1.807) is 11.0 Å². The van der Waals surface area contributed by atoms with E-state index in [-0.39, 0.29) is 11.3 Å². The number of nitrogens with zero attached hydrogens (tertiary/aromatic N) is 2. The van der Waals surface area contributed by atoms with Gasteiger partial charge in [0.05, 0.1) is 31.4 Å². The molecule has 7 nitrogen and oxygen atoms in total. The first-order valence-corrected chi connectivity index (χ1v) is 13.1. The van der Waals surface area contributed by atoms with E-state index in [0.717, 1.165) is 48.5 Å². The van der Waals surface area contributed by atoms with Gasteiger partial charge in [0.1, 0.15) is 11.5 Å². The van der Waals surface area contributed by atoms with Crippen molar-refractivity contribution >= 4 is 17.4 Å². The molecule has 0 radical (unpaired) electrons. The van der Waals surface area contributed by atoms with Gasteiger partial charge in [-0.15, -0.1) is 0 Å². The largest absolute Gasteiger partial charge is 0.507 e. The highest BCUT2D eigenvalue weighted by Gasteiger charge is 2.45. The van der Waals surface area contributed by atoms with Crippen molar-refractivity contribution in [2.75, 3.05) is 46.0 Å². The van der Waals surface area contributed by atoms with Gasteiger partial charge in [0.15, 0.2) is 0 Å². The van der Waals surface area contributed by atoms with E-state index in [4.69, 9.17) is 9.47 Å². The van der Waals surface area contributed by atoms with Crippen LogP contribution in [-0.4, -0.2) is 72.6 Å². The summed E-state index contributed by atoms with van der Waals surface area (Å²) in [6.45, 7) is 13.1. The number of aliphatic hydroxyl groups excluding tert-OH is 1. The summed E-state index contributed by atoms with van der Waals surface area (Å²) in [4.78, 5) is 30.5. The predicted octanol–water partition coefficient (Wildman–Crippen LogP) is 4.48. The van der Waals surface area contributed by atoms with Gasteiger partial charge in [0.25, 0.3) is 11.7 Å². The summed E-state index contributed by atoms with van der Waals surface area (Å²) >= 11 is 0. The molecule has 0 saturated carbocycles. The van der Waals surface area contributed by atoms with Gasteiger partial charge >= 0.3 is 0 Å². The summed E-state index contributed by atoms with van der Waals surface area (Å²) in [5.74, 6) is -0.238. The Hall–Kier alpha value is -3.16. The monoisotopic (exact) mass is 506 g/mol. The number of hydrogen-bond acceptors (Lipinski definition) is 6. The standard InChI is InChI=1S/C30H38N2O5/c1-20(2)19-37-25-11-10-24(18-22(25)4)28(33)26-27(23-8-6-21(3)7-9-23)32(30(35)29(26)34)13-5-12-31-14-16-36-17-15-31/h6-11,18,20,27,33H,5,12-17,19H2,1-4H3/b28-26-. The van der Waals surface area contributed by atoms with Crippen molar-refractivity contribution in [3.8, 4) is 5.75 Å². The molecule has 2 heterocycles. The minimum Gasteiger partial charge on any atom is -0.507 e. The first-order chi connectivity index (χ1) is 17.8. The van der Waals surface area contributed by atoms with E-state index >= 15 is 0 Å². The molecule has 1 amide bonds. The van der Waals surface area contributed by atoms with Gasteiger partial charge in [-0.1, -0.05) is 43.7 Å². The molecule has 0 aliphatic carbocycles. The normalized spacial score (nSPS) is 20.1. The average Bonchev–Trinajstić information content (AvgIpc) is 3.13. The van der Waals surface area contributed by atoms with Crippen LogP contribution in [0.5, 0.6) is 5.75 Å². The fourth-order valence-electron chi connectivity index (χ4n) is 4.87. The van der Waals surface area contributed by atoms with Crippen LogP contribution < -0.4 is 4.74 Å². The molecule has 4 rings (SSSR count). The van der Waals surface area contributed by atoms with E-state index in [0.29, 0.717) is 37.8 Å². The first kappa shape index (κ1) is 26.9. The Kier molecular flexibility index (Phi) is 8.67. The van der Waals surface area contributed by atoms with Crippen molar-refractivity contribution in [2.24, 2.45) is 5.92 Å². The molecular weight excluding hydrogens is 468 g/mol. The number of carbonyl (C=O) groups excluding carboxylic acids is 2. The highest BCUT2D eigenvalue weighted by atomic mass is 16.5. The average molecular weight is 507 g/mol. The van der Waals surface area contributed by atoms with Crippen LogP contribution in [0.4, 0.5) is 0 Å². The molecule has 0 spiro atoms. The maximum absolute atomic E-state index is 13.3. The zero-order chi connectivity index (χ0) is 26.5. The topological polar surface area (TPSA) is 79.3 Å².